The van der Waals surface area contributed by atoms with Gasteiger partial charge in [0.25, 0.3) is 0 Å². The second-order valence-electron chi connectivity index (χ2n) is 2.42. The molecule has 0 atom stereocenters. The molecule has 1 heterocycles. The van der Waals surface area contributed by atoms with Gasteiger partial charge in [-0.3, -0.25) is 4.68 Å². The first-order chi connectivity index (χ1) is 4.66. The zero-order chi connectivity index (χ0) is 7.72. The zero-order valence-corrected chi connectivity index (χ0v) is 6.68. The van der Waals surface area contributed by atoms with E-state index in [0.29, 0.717) is 0 Å². The van der Waals surface area contributed by atoms with E-state index in [0.717, 1.165) is 11.4 Å². The molecule has 2 heteroatoms. The minimum absolute atomic E-state index is 1.08. The van der Waals surface area contributed by atoms with Gasteiger partial charge in [-0.15, -0.1) is 0 Å². The Morgan fingerprint density at radius 1 is 1.50 bits per heavy atom. The van der Waals surface area contributed by atoms with Gasteiger partial charge in [0.05, 0.1) is 11.4 Å². The quantitative estimate of drug-likeness (QED) is 0.574. The van der Waals surface area contributed by atoms with E-state index in [1.807, 2.05) is 24.7 Å². The first-order valence-electron chi connectivity index (χ1n) is 3.29. The molecule has 0 radical (unpaired) electrons. The van der Waals surface area contributed by atoms with Gasteiger partial charge in [-0.05, 0) is 25.5 Å². The van der Waals surface area contributed by atoms with Crippen molar-refractivity contribution in [1.82, 2.24) is 9.78 Å². The summed E-state index contributed by atoms with van der Waals surface area (Å²) in [4.78, 5) is 0. The summed E-state index contributed by atoms with van der Waals surface area (Å²) in [5.41, 5.74) is 3.41. The van der Waals surface area contributed by atoms with Crippen LogP contribution in [-0.2, 0) is 7.05 Å². The molecule has 0 N–H and O–H groups in total. The van der Waals surface area contributed by atoms with Crippen LogP contribution in [0.4, 0.5) is 0 Å². The molecule has 0 unspecified atom stereocenters. The molecule has 0 amide bonds. The van der Waals surface area contributed by atoms with Crippen molar-refractivity contribution < 1.29 is 0 Å². The molecule has 0 spiro atoms. The Hall–Kier alpha value is -1.05. The highest BCUT2D eigenvalue weighted by atomic mass is 15.3. The first kappa shape index (κ1) is 7.06. The molecule has 0 aliphatic rings. The van der Waals surface area contributed by atoms with E-state index in [2.05, 4.69) is 18.6 Å². The monoisotopic (exact) mass is 136 g/mol. The molecule has 1 rings (SSSR count). The summed E-state index contributed by atoms with van der Waals surface area (Å²) in [5, 5.41) is 4.23. The fourth-order valence-electron chi connectivity index (χ4n) is 1.07. The molecule has 1 aromatic rings. The van der Waals surface area contributed by atoms with E-state index in [9.17, 15) is 0 Å². The van der Waals surface area contributed by atoms with Gasteiger partial charge in [-0.2, -0.15) is 5.10 Å². The summed E-state index contributed by atoms with van der Waals surface area (Å²) < 4.78 is 1.84. The summed E-state index contributed by atoms with van der Waals surface area (Å²) in [6.45, 7) is 7.76. The highest BCUT2D eigenvalue weighted by Crippen LogP contribution is 2.11. The van der Waals surface area contributed by atoms with Crippen LogP contribution in [0.3, 0.4) is 0 Å². The lowest BCUT2D eigenvalue weighted by Gasteiger charge is -1.92. The van der Waals surface area contributed by atoms with Gasteiger partial charge in [0.15, 0.2) is 0 Å². The highest BCUT2D eigenvalue weighted by molar-refractivity contribution is 5.48. The third-order valence-corrected chi connectivity index (χ3v) is 1.77. The maximum Gasteiger partial charge on any atom is 0.0632 e. The van der Waals surface area contributed by atoms with Crippen molar-refractivity contribution >= 4 is 6.08 Å². The normalized spacial score (nSPS) is 9.90. The standard InChI is InChI=1S/C8H12N2/c1-5-8-6(2)7(3)9-10(8)4/h5H,1H2,2-4H3. The second-order valence-corrected chi connectivity index (χ2v) is 2.42. The molecule has 0 aromatic carbocycles. The SMILES string of the molecule is C=Cc1c(C)c(C)nn1C. The molecule has 0 aliphatic heterocycles. The van der Waals surface area contributed by atoms with Gasteiger partial charge in [0, 0.05) is 7.05 Å². The fourth-order valence-corrected chi connectivity index (χ4v) is 1.07. The van der Waals surface area contributed by atoms with Crippen LogP contribution >= 0.6 is 0 Å². The zero-order valence-electron chi connectivity index (χ0n) is 6.68. The molecule has 2 nitrogen and oxygen atoms in total. The Bertz CT molecular complexity index is 258. The lowest BCUT2D eigenvalue weighted by molar-refractivity contribution is 0.749. The average molecular weight is 136 g/mol. The summed E-state index contributed by atoms with van der Waals surface area (Å²) in [6, 6.07) is 0. The van der Waals surface area contributed by atoms with E-state index in [-0.39, 0.29) is 0 Å². The van der Waals surface area contributed by atoms with Crippen LogP contribution in [-0.4, -0.2) is 9.78 Å². The summed E-state index contributed by atoms with van der Waals surface area (Å²) in [6.07, 6.45) is 1.83. The van der Waals surface area contributed by atoms with Crippen molar-refractivity contribution in [1.29, 1.82) is 0 Å². The average Bonchev–Trinajstić information content (AvgIpc) is 2.09. The molecule has 0 saturated carbocycles. The van der Waals surface area contributed by atoms with E-state index in [1.54, 1.807) is 0 Å². The maximum absolute atomic E-state index is 4.23. The van der Waals surface area contributed by atoms with Crippen molar-refractivity contribution in [3.05, 3.63) is 23.5 Å². The van der Waals surface area contributed by atoms with Crippen molar-refractivity contribution in [2.75, 3.05) is 0 Å². The number of hydrogen-bond donors (Lipinski definition) is 0. The van der Waals surface area contributed by atoms with Crippen molar-refractivity contribution in [2.45, 2.75) is 13.8 Å². The second kappa shape index (κ2) is 2.29. The van der Waals surface area contributed by atoms with Gasteiger partial charge in [0.2, 0.25) is 0 Å². The third-order valence-electron chi connectivity index (χ3n) is 1.77. The largest absolute Gasteiger partial charge is 0.268 e. The molecule has 1 aromatic heterocycles. The molecule has 10 heavy (non-hydrogen) atoms. The Balaban J connectivity index is 3.33. The van der Waals surface area contributed by atoms with E-state index >= 15 is 0 Å². The minimum Gasteiger partial charge on any atom is -0.268 e. The summed E-state index contributed by atoms with van der Waals surface area (Å²) in [5.74, 6) is 0. The van der Waals surface area contributed by atoms with Crippen LogP contribution in [0.15, 0.2) is 6.58 Å². The van der Waals surface area contributed by atoms with Crippen LogP contribution in [0.25, 0.3) is 6.08 Å². The minimum atomic E-state index is 1.08. The van der Waals surface area contributed by atoms with Crippen molar-refractivity contribution in [2.24, 2.45) is 7.05 Å². The van der Waals surface area contributed by atoms with Crippen LogP contribution in [0.5, 0.6) is 0 Å². The van der Waals surface area contributed by atoms with Crippen LogP contribution in [0.1, 0.15) is 17.0 Å². The highest BCUT2D eigenvalue weighted by Gasteiger charge is 2.03. The lowest BCUT2D eigenvalue weighted by atomic mass is 10.2. The fraction of sp³-hybridized carbons (Fsp3) is 0.375. The van der Waals surface area contributed by atoms with Gasteiger partial charge in [0.1, 0.15) is 0 Å². The lowest BCUT2D eigenvalue weighted by Crippen LogP contribution is -1.92. The van der Waals surface area contributed by atoms with Crippen molar-refractivity contribution in [3.8, 4) is 0 Å². The molecule has 0 saturated heterocycles. The molecule has 0 bridgehead atoms. The maximum atomic E-state index is 4.23. The number of hydrogen-bond acceptors (Lipinski definition) is 1. The summed E-state index contributed by atoms with van der Waals surface area (Å²) in [7, 11) is 1.93. The van der Waals surface area contributed by atoms with Crippen LogP contribution in [0.2, 0.25) is 0 Å². The third kappa shape index (κ3) is 0.856. The Labute approximate surface area is 61.2 Å². The Morgan fingerprint density at radius 3 is 2.30 bits per heavy atom. The predicted octanol–water partition coefficient (Wildman–Crippen LogP) is 1.68. The number of aryl methyl sites for hydroxylation is 2. The topological polar surface area (TPSA) is 17.8 Å². The first-order valence-corrected chi connectivity index (χ1v) is 3.29. The van der Waals surface area contributed by atoms with Gasteiger partial charge < -0.3 is 0 Å². The molecule has 0 fully saturated rings. The predicted molar refractivity (Wildman–Crippen MR) is 42.8 cm³/mol. The number of nitrogens with zero attached hydrogens (tertiary/aromatic N) is 2. The molecular formula is C8H12N2. The van der Waals surface area contributed by atoms with Gasteiger partial charge in [-0.25, -0.2) is 0 Å². The van der Waals surface area contributed by atoms with E-state index in [4.69, 9.17) is 0 Å². The molecule has 0 aliphatic carbocycles. The number of aromatic nitrogens is 2. The Kier molecular flexibility index (Phi) is 1.62. The summed E-state index contributed by atoms with van der Waals surface area (Å²) >= 11 is 0. The number of rotatable bonds is 1. The van der Waals surface area contributed by atoms with E-state index < -0.39 is 0 Å². The smallest absolute Gasteiger partial charge is 0.0632 e. The van der Waals surface area contributed by atoms with Crippen LogP contribution in [0, 0.1) is 13.8 Å². The van der Waals surface area contributed by atoms with E-state index in [1.165, 1.54) is 5.56 Å². The van der Waals surface area contributed by atoms with Gasteiger partial charge in [-0.1, -0.05) is 6.58 Å². The molecule has 54 valence electrons. The van der Waals surface area contributed by atoms with Gasteiger partial charge >= 0.3 is 0 Å². The van der Waals surface area contributed by atoms with Crippen LogP contribution < -0.4 is 0 Å². The molecular weight excluding hydrogens is 124 g/mol. The Morgan fingerprint density at radius 2 is 2.10 bits per heavy atom. The van der Waals surface area contributed by atoms with Crippen molar-refractivity contribution in [3.63, 3.8) is 0 Å².